The number of amides is 2. The van der Waals surface area contributed by atoms with Gasteiger partial charge in [0.05, 0.1) is 0 Å². The molecule has 2 aromatic carbocycles. The Labute approximate surface area is 129 Å². The largest absolute Gasteiger partial charge is 0.444 e. The molecule has 0 atom stereocenters. The van der Waals surface area contributed by atoms with Crippen LogP contribution >= 0.6 is 0 Å². The van der Waals surface area contributed by atoms with E-state index in [4.69, 9.17) is 4.74 Å². The van der Waals surface area contributed by atoms with Crippen molar-refractivity contribution in [2.24, 2.45) is 0 Å². The lowest BCUT2D eigenvalue weighted by atomic mass is 10.1. The zero-order valence-electron chi connectivity index (χ0n) is 12.1. The minimum atomic E-state index is -0.775. The van der Waals surface area contributed by atoms with Crippen LogP contribution < -0.4 is 5.32 Å². The topological polar surface area (TPSA) is 55.4 Å². The molecule has 0 saturated heterocycles. The van der Waals surface area contributed by atoms with Crippen molar-refractivity contribution in [3.05, 3.63) is 83.9 Å². The van der Waals surface area contributed by atoms with Crippen LogP contribution in [0, 0.1) is 0 Å². The minimum Gasteiger partial charge on any atom is -0.444 e. The number of ether oxygens (including phenoxy) is 1. The highest BCUT2D eigenvalue weighted by Gasteiger charge is 2.12. The van der Waals surface area contributed by atoms with Gasteiger partial charge in [-0.25, -0.2) is 4.79 Å². The first-order valence-corrected chi connectivity index (χ1v) is 6.89. The summed E-state index contributed by atoms with van der Waals surface area (Å²) < 4.78 is 4.99. The van der Waals surface area contributed by atoms with Crippen LogP contribution in [-0.2, 0) is 22.6 Å². The number of benzene rings is 2. The third-order valence-electron chi connectivity index (χ3n) is 3.01. The van der Waals surface area contributed by atoms with Gasteiger partial charge in [0.25, 0.3) is 5.91 Å². The van der Waals surface area contributed by atoms with Crippen LogP contribution in [0.1, 0.15) is 11.1 Å². The summed E-state index contributed by atoms with van der Waals surface area (Å²) in [5, 5.41) is 2.17. The van der Waals surface area contributed by atoms with Gasteiger partial charge in [0.1, 0.15) is 6.61 Å². The number of carbonyl (C=O) groups excluding carboxylic acids is 2. The summed E-state index contributed by atoms with van der Waals surface area (Å²) in [6, 6.07) is 18.7. The molecule has 0 aliphatic carbocycles. The fraction of sp³-hybridized carbons (Fsp3) is 0.111. The Morgan fingerprint density at radius 2 is 1.45 bits per heavy atom. The molecule has 1 N–H and O–H groups in total. The van der Waals surface area contributed by atoms with Crippen LogP contribution in [0.3, 0.4) is 0 Å². The number of imide groups is 1. The Morgan fingerprint density at radius 1 is 0.909 bits per heavy atom. The lowest BCUT2D eigenvalue weighted by Gasteiger charge is -2.08. The van der Waals surface area contributed by atoms with E-state index in [1.54, 1.807) is 0 Å². The summed E-state index contributed by atoms with van der Waals surface area (Å²) in [7, 11) is 0. The quantitative estimate of drug-likeness (QED) is 0.862. The molecule has 0 unspecified atom stereocenters. The van der Waals surface area contributed by atoms with E-state index >= 15 is 0 Å². The van der Waals surface area contributed by atoms with Crippen molar-refractivity contribution in [3.8, 4) is 0 Å². The van der Waals surface area contributed by atoms with Crippen LogP contribution in [0.2, 0.25) is 0 Å². The van der Waals surface area contributed by atoms with Crippen LogP contribution in [0.15, 0.2) is 72.8 Å². The normalized spacial score (nSPS) is 9.82. The Hall–Kier alpha value is -2.88. The number of hydrogen-bond acceptors (Lipinski definition) is 3. The minimum absolute atomic E-state index is 0.116. The highest BCUT2D eigenvalue weighted by Crippen LogP contribution is 2.06. The number of nitrogens with one attached hydrogen (secondary N) is 1. The van der Waals surface area contributed by atoms with Gasteiger partial charge in [-0.2, -0.15) is 0 Å². The average Bonchev–Trinajstić information content (AvgIpc) is 2.55. The number of carbonyl (C=O) groups is 2. The van der Waals surface area contributed by atoms with Crippen molar-refractivity contribution in [1.29, 1.82) is 0 Å². The second-order valence-corrected chi connectivity index (χ2v) is 4.78. The third-order valence-corrected chi connectivity index (χ3v) is 3.01. The van der Waals surface area contributed by atoms with Crippen molar-refractivity contribution in [2.75, 3.05) is 0 Å². The predicted octanol–water partition coefficient (Wildman–Crippen LogP) is 3.24. The molecule has 2 rings (SSSR count). The van der Waals surface area contributed by atoms with Crippen LogP contribution in [0.25, 0.3) is 0 Å². The molecule has 4 nitrogen and oxygen atoms in total. The SMILES string of the molecule is C=C(Cc1ccccc1)C(=O)NC(=O)OCc1ccccc1. The molecule has 0 fully saturated rings. The number of rotatable bonds is 5. The Balaban J connectivity index is 1.78. The Kier molecular flexibility index (Phi) is 5.49. The van der Waals surface area contributed by atoms with Gasteiger partial charge >= 0.3 is 6.09 Å². The van der Waals surface area contributed by atoms with Crippen molar-refractivity contribution in [2.45, 2.75) is 13.0 Å². The van der Waals surface area contributed by atoms with Gasteiger partial charge in [0, 0.05) is 12.0 Å². The van der Waals surface area contributed by atoms with Crippen molar-refractivity contribution >= 4 is 12.0 Å². The lowest BCUT2D eigenvalue weighted by molar-refractivity contribution is -0.117. The third kappa shape index (κ3) is 4.90. The van der Waals surface area contributed by atoms with Crippen LogP contribution in [0.5, 0.6) is 0 Å². The second kappa shape index (κ2) is 7.78. The van der Waals surface area contributed by atoms with E-state index in [9.17, 15) is 9.59 Å². The molecule has 0 aromatic heterocycles. The molecule has 0 aliphatic heterocycles. The first kappa shape index (κ1) is 15.5. The average molecular weight is 295 g/mol. The molecule has 2 amide bonds. The molecule has 4 heteroatoms. The van der Waals surface area contributed by atoms with E-state index in [0.717, 1.165) is 11.1 Å². The summed E-state index contributed by atoms with van der Waals surface area (Å²) in [5.41, 5.74) is 2.12. The van der Waals surface area contributed by atoms with Gasteiger partial charge in [-0.1, -0.05) is 67.2 Å². The summed E-state index contributed by atoms with van der Waals surface area (Å²) in [5.74, 6) is -0.526. The van der Waals surface area contributed by atoms with Gasteiger partial charge in [0.2, 0.25) is 0 Å². The molecule has 22 heavy (non-hydrogen) atoms. The Bertz CT molecular complexity index is 651. The molecule has 0 aliphatic rings. The van der Waals surface area contributed by atoms with Crippen molar-refractivity contribution < 1.29 is 14.3 Å². The predicted molar refractivity (Wildman–Crippen MR) is 84.1 cm³/mol. The summed E-state index contributed by atoms with van der Waals surface area (Å²) >= 11 is 0. The molecule has 0 radical (unpaired) electrons. The lowest BCUT2D eigenvalue weighted by Crippen LogP contribution is -2.32. The van der Waals surface area contributed by atoms with Crippen molar-refractivity contribution in [3.63, 3.8) is 0 Å². The highest BCUT2D eigenvalue weighted by atomic mass is 16.5. The van der Waals surface area contributed by atoms with E-state index < -0.39 is 12.0 Å². The first-order chi connectivity index (χ1) is 10.6. The summed E-state index contributed by atoms with van der Waals surface area (Å²) in [4.78, 5) is 23.4. The maximum absolute atomic E-state index is 11.9. The standard InChI is InChI=1S/C18H17NO3/c1-14(12-15-8-4-2-5-9-15)17(20)19-18(21)22-13-16-10-6-3-7-11-16/h2-11H,1,12-13H2,(H,19,20,21). The second-order valence-electron chi connectivity index (χ2n) is 4.78. The molecule has 2 aromatic rings. The van der Waals surface area contributed by atoms with E-state index in [-0.39, 0.29) is 6.61 Å². The van der Waals surface area contributed by atoms with Gasteiger partial charge in [-0.3, -0.25) is 10.1 Å². The van der Waals surface area contributed by atoms with E-state index in [1.807, 2.05) is 60.7 Å². The zero-order chi connectivity index (χ0) is 15.8. The molecule has 0 bridgehead atoms. The van der Waals surface area contributed by atoms with E-state index in [1.165, 1.54) is 0 Å². The van der Waals surface area contributed by atoms with Crippen molar-refractivity contribution in [1.82, 2.24) is 5.32 Å². The zero-order valence-corrected chi connectivity index (χ0v) is 12.1. The van der Waals surface area contributed by atoms with Crippen LogP contribution in [0.4, 0.5) is 4.79 Å². The van der Waals surface area contributed by atoms with E-state index in [0.29, 0.717) is 12.0 Å². The first-order valence-electron chi connectivity index (χ1n) is 6.89. The Morgan fingerprint density at radius 3 is 2.05 bits per heavy atom. The highest BCUT2D eigenvalue weighted by molar-refractivity contribution is 6.02. The fourth-order valence-corrected chi connectivity index (χ4v) is 1.86. The molecule has 0 heterocycles. The molecule has 0 spiro atoms. The monoisotopic (exact) mass is 295 g/mol. The number of alkyl carbamates (subject to hydrolysis) is 1. The maximum atomic E-state index is 11.9. The van der Waals surface area contributed by atoms with Gasteiger partial charge < -0.3 is 4.74 Å². The summed E-state index contributed by atoms with van der Waals surface area (Å²) in [6.07, 6.45) is -0.387. The smallest absolute Gasteiger partial charge is 0.414 e. The van der Waals surface area contributed by atoms with E-state index in [2.05, 4.69) is 11.9 Å². The van der Waals surface area contributed by atoms with Crippen LogP contribution in [-0.4, -0.2) is 12.0 Å². The molecule has 0 saturated carbocycles. The fourth-order valence-electron chi connectivity index (χ4n) is 1.86. The van der Waals surface area contributed by atoms with Gasteiger partial charge in [-0.05, 0) is 11.1 Å². The molecular weight excluding hydrogens is 278 g/mol. The summed E-state index contributed by atoms with van der Waals surface area (Å²) in [6.45, 7) is 3.82. The molecule has 112 valence electrons. The van der Waals surface area contributed by atoms with Gasteiger partial charge in [0.15, 0.2) is 0 Å². The molecular formula is C18H17NO3. The number of hydrogen-bond donors (Lipinski definition) is 1. The maximum Gasteiger partial charge on any atom is 0.414 e. The van der Waals surface area contributed by atoms with Gasteiger partial charge in [-0.15, -0.1) is 0 Å².